The van der Waals surface area contributed by atoms with E-state index >= 15 is 0 Å². The molecule has 1 saturated heterocycles. The Hall–Kier alpha value is -3.27. The first-order chi connectivity index (χ1) is 13.0. The highest BCUT2D eigenvalue weighted by Gasteiger charge is 2.25. The maximum Gasteiger partial charge on any atom is 0.357 e. The molecular weight excluding hydrogens is 344 g/mol. The molecule has 2 heterocycles. The average molecular weight is 366 g/mol. The van der Waals surface area contributed by atoms with Crippen molar-refractivity contribution >= 4 is 17.6 Å². The summed E-state index contributed by atoms with van der Waals surface area (Å²) in [5, 5.41) is 9.20. The second kappa shape index (κ2) is 7.54. The van der Waals surface area contributed by atoms with Crippen LogP contribution in [0.2, 0.25) is 0 Å². The SMILES string of the molecule is COC(=O)c1c(N)c(C#N)cn1-c1ccc(C(=O)N2CCCCC2C)cc1. The smallest absolute Gasteiger partial charge is 0.357 e. The van der Waals surface area contributed by atoms with Crippen molar-refractivity contribution in [3.63, 3.8) is 0 Å². The molecule has 1 aromatic carbocycles. The van der Waals surface area contributed by atoms with Crippen molar-refractivity contribution in [2.24, 2.45) is 0 Å². The number of nitrogens with two attached hydrogens (primary N) is 1. The van der Waals surface area contributed by atoms with Gasteiger partial charge in [0.25, 0.3) is 5.91 Å². The van der Waals surface area contributed by atoms with Gasteiger partial charge in [0.1, 0.15) is 6.07 Å². The minimum absolute atomic E-state index is 0.00618. The number of benzene rings is 1. The molecule has 0 spiro atoms. The number of aromatic nitrogens is 1. The molecule has 1 amide bonds. The van der Waals surface area contributed by atoms with Gasteiger partial charge in [0.05, 0.1) is 18.4 Å². The van der Waals surface area contributed by atoms with Crippen LogP contribution in [-0.4, -0.2) is 41.0 Å². The molecule has 0 saturated carbocycles. The van der Waals surface area contributed by atoms with Crippen molar-refractivity contribution in [2.75, 3.05) is 19.4 Å². The van der Waals surface area contributed by atoms with Crippen molar-refractivity contribution < 1.29 is 14.3 Å². The number of carbonyl (C=O) groups excluding carboxylic acids is 2. The van der Waals surface area contributed by atoms with Crippen molar-refractivity contribution in [1.82, 2.24) is 9.47 Å². The molecule has 1 fully saturated rings. The number of hydrogen-bond donors (Lipinski definition) is 1. The number of nitrogens with zero attached hydrogens (tertiary/aromatic N) is 3. The van der Waals surface area contributed by atoms with Gasteiger partial charge in [-0.05, 0) is 50.5 Å². The second-order valence-electron chi connectivity index (χ2n) is 6.67. The number of hydrogen-bond acceptors (Lipinski definition) is 5. The van der Waals surface area contributed by atoms with E-state index in [1.165, 1.54) is 17.9 Å². The highest BCUT2D eigenvalue weighted by molar-refractivity contribution is 5.96. The Morgan fingerprint density at radius 2 is 1.96 bits per heavy atom. The van der Waals surface area contributed by atoms with Gasteiger partial charge in [-0.3, -0.25) is 4.79 Å². The molecule has 1 aliphatic heterocycles. The Bertz CT molecular complexity index is 909. The molecule has 7 nitrogen and oxygen atoms in total. The summed E-state index contributed by atoms with van der Waals surface area (Å²) in [5.74, 6) is -0.622. The Labute approximate surface area is 157 Å². The van der Waals surface area contributed by atoms with Crippen molar-refractivity contribution in [1.29, 1.82) is 5.26 Å². The lowest BCUT2D eigenvalue weighted by atomic mass is 10.0. The molecule has 1 aliphatic rings. The first-order valence-electron chi connectivity index (χ1n) is 8.88. The number of methoxy groups -OCH3 is 1. The zero-order valence-corrected chi connectivity index (χ0v) is 15.4. The molecule has 140 valence electrons. The summed E-state index contributed by atoms with van der Waals surface area (Å²) < 4.78 is 6.29. The fourth-order valence-electron chi connectivity index (χ4n) is 3.45. The van der Waals surface area contributed by atoms with Crippen molar-refractivity contribution in [3.8, 4) is 11.8 Å². The van der Waals surface area contributed by atoms with Crippen LogP contribution in [0.5, 0.6) is 0 Å². The van der Waals surface area contributed by atoms with Crippen LogP contribution in [0, 0.1) is 11.3 Å². The van der Waals surface area contributed by atoms with E-state index in [1.54, 1.807) is 24.3 Å². The zero-order chi connectivity index (χ0) is 19.6. The third kappa shape index (κ3) is 3.38. The van der Waals surface area contributed by atoms with Crippen LogP contribution in [0.4, 0.5) is 5.69 Å². The monoisotopic (exact) mass is 366 g/mol. The lowest BCUT2D eigenvalue weighted by molar-refractivity contribution is 0.0591. The van der Waals surface area contributed by atoms with Crippen LogP contribution < -0.4 is 5.73 Å². The molecule has 0 bridgehead atoms. The van der Waals surface area contributed by atoms with E-state index in [0.717, 1.165) is 25.8 Å². The van der Waals surface area contributed by atoms with Crippen molar-refractivity contribution in [2.45, 2.75) is 32.2 Å². The van der Waals surface area contributed by atoms with Crippen LogP contribution in [0.25, 0.3) is 5.69 Å². The van der Waals surface area contributed by atoms with E-state index < -0.39 is 5.97 Å². The van der Waals surface area contributed by atoms with Crippen LogP contribution in [-0.2, 0) is 4.74 Å². The number of carbonyl (C=O) groups is 2. The van der Waals surface area contributed by atoms with E-state index in [9.17, 15) is 14.9 Å². The Morgan fingerprint density at radius 1 is 1.26 bits per heavy atom. The molecule has 1 aromatic heterocycles. The van der Waals surface area contributed by atoms with Gasteiger partial charge in [-0.25, -0.2) is 4.79 Å². The third-order valence-corrected chi connectivity index (χ3v) is 5.00. The predicted molar refractivity (Wildman–Crippen MR) is 101 cm³/mol. The highest BCUT2D eigenvalue weighted by Crippen LogP contribution is 2.25. The van der Waals surface area contributed by atoms with Crippen molar-refractivity contribution in [3.05, 3.63) is 47.3 Å². The van der Waals surface area contributed by atoms with E-state index in [1.807, 2.05) is 11.0 Å². The summed E-state index contributed by atoms with van der Waals surface area (Å²) in [5.41, 5.74) is 7.49. The summed E-state index contributed by atoms with van der Waals surface area (Å²) in [6, 6.07) is 9.11. The largest absolute Gasteiger partial charge is 0.464 e. The fraction of sp³-hybridized carbons (Fsp3) is 0.350. The van der Waals surface area contributed by atoms with E-state index in [2.05, 4.69) is 6.92 Å². The minimum Gasteiger partial charge on any atom is -0.464 e. The first-order valence-corrected chi connectivity index (χ1v) is 8.88. The van der Waals surface area contributed by atoms with Crippen LogP contribution >= 0.6 is 0 Å². The Kier molecular flexibility index (Phi) is 5.17. The number of nitrogen functional groups attached to an aromatic ring is 1. The quantitative estimate of drug-likeness (QED) is 0.842. The Morgan fingerprint density at radius 3 is 2.56 bits per heavy atom. The van der Waals surface area contributed by atoms with Gasteiger partial charge in [0, 0.05) is 30.0 Å². The standard InChI is InChI=1S/C20H22N4O3/c1-13-5-3-4-10-23(13)19(25)14-6-8-16(9-7-14)24-12-15(11-21)17(22)18(24)20(26)27-2/h6-9,12-13H,3-5,10,22H2,1-2H3. The molecule has 3 rings (SSSR count). The minimum atomic E-state index is -0.628. The molecule has 1 atom stereocenters. The molecule has 7 heteroatoms. The summed E-state index contributed by atoms with van der Waals surface area (Å²) in [7, 11) is 1.26. The molecule has 0 radical (unpaired) electrons. The number of ether oxygens (including phenoxy) is 1. The molecular formula is C20H22N4O3. The molecule has 27 heavy (non-hydrogen) atoms. The summed E-state index contributed by atoms with van der Waals surface area (Å²) in [4.78, 5) is 26.8. The first kappa shape index (κ1) is 18.5. The summed E-state index contributed by atoms with van der Waals surface area (Å²) >= 11 is 0. The lowest BCUT2D eigenvalue weighted by Gasteiger charge is -2.33. The summed E-state index contributed by atoms with van der Waals surface area (Å²) in [6.45, 7) is 2.84. The maximum atomic E-state index is 12.8. The maximum absolute atomic E-state index is 12.8. The number of piperidine rings is 1. The van der Waals surface area contributed by atoms with E-state index in [0.29, 0.717) is 11.3 Å². The summed E-state index contributed by atoms with van der Waals surface area (Å²) in [6.07, 6.45) is 4.68. The van der Waals surface area contributed by atoms with Gasteiger partial charge in [-0.1, -0.05) is 0 Å². The van der Waals surface area contributed by atoms with Crippen LogP contribution in [0.3, 0.4) is 0 Å². The van der Waals surface area contributed by atoms with E-state index in [4.69, 9.17) is 10.5 Å². The highest BCUT2D eigenvalue weighted by atomic mass is 16.5. The van der Waals surface area contributed by atoms with Gasteiger partial charge < -0.3 is 19.9 Å². The zero-order valence-electron chi connectivity index (χ0n) is 15.4. The van der Waals surface area contributed by atoms with E-state index in [-0.39, 0.29) is 28.9 Å². The topological polar surface area (TPSA) is 101 Å². The molecule has 1 unspecified atom stereocenters. The van der Waals surface area contributed by atoms with Crippen LogP contribution in [0.15, 0.2) is 30.5 Å². The molecule has 0 aliphatic carbocycles. The lowest BCUT2D eigenvalue weighted by Crippen LogP contribution is -2.42. The van der Waals surface area contributed by atoms with Gasteiger partial charge in [-0.2, -0.15) is 5.26 Å². The Balaban J connectivity index is 1.93. The predicted octanol–water partition coefficient (Wildman–Crippen LogP) is 2.73. The molecule has 2 aromatic rings. The molecule has 2 N–H and O–H groups in total. The fourth-order valence-corrected chi connectivity index (χ4v) is 3.45. The normalized spacial score (nSPS) is 16.6. The number of likely N-dealkylation sites (tertiary alicyclic amines) is 1. The number of nitriles is 1. The number of esters is 1. The van der Waals surface area contributed by atoms with Gasteiger partial charge >= 0.3 is 5.97 Å². The third-order valence-electron chi connectivity index (χ3n) is 5.00. The van der Waals surface area contributed by atoms with Gasteiger partial charge in [-0.15, -0.1) is 0 Å². The second-order valence-corrected chi connectivity index (χ2v) is 6.67. The number of anilines is 1. The van der Waals surface area contributed by atoms with Crippen LogP contribution in [0.1, 0.15) is 52.6 Å². The van der Waals surface area contributed by atoms with Gasteiger partial charge in [0.2, 0.25) is 0 Å². The average Bonchev–Trinajstić information content (AvgIpc) is 3.03. The number of amides is 1. The number of rotatable bonds is 3. The van der Waals surface area contributed by atoms with Gasteiger partial charge in [0.15, 0.2) is 5.69 Å².